The molecule has 1 N–H and O–H groups in total. The van der Waals surface area contributed by atoms with Gasteiger partial charge in [0.15, 0.2) is 0 Å². The summed E-state index contributed by atoms with van der Waals surface area (Å²) >= 11 is 0. The second-order valence-electron chi connectivity index (χ2n) is 2.11. The van der Waals surface area contributed by atoms with Gasteiger partial charge in [0.2, 0.25) is 0 Å². The van der Waals surface area contributed by atoms with Gasteiger partial charge in [0.25, 0.3) is 0 Å². The predicted octanol–water partition coefficient (Wildman–Crippen LogP) is 0.525. The average molecular weight is 145 g/mol. The van der Waals surface area contributed by atoms with Crippen molar-refractivity contribution in [2.24, 2.45) is 5.92 Å². The molecule has 4 heteroatoms. The Hall–Kier alpha value is -1.06. The zero-order chi connectivity index (χ0) is 8.15. The highest BCUT2D eigenvalue weighted by Gasteiger charge is 2.11. The van der Waals surface area contributed by atoms with E-state index in [0.29, 0.717) is 0 Å². The van der Waals surface area contributed by atoms with Crippen molar-refractivity contribution in [3.8, 4) is 0 Å². The Morgan fingerprint density at radius 1 is 1.40 bits per heavy atom. The number of esters is 1. The van der Waals surface area contributed by atoms with Crippen LogP contribution in [-0.2, 0) is 9.53 Å². The maximum absolute atomic E-state index is 10.6. The molecule has 0 radical (unpaired) electrons. The van der Waals surface area contributed by atoms with E-state index < -0.39 is 12.1 Å². The van der Waals surface area contributed by atoms with Crippen molar-refractivity contribution >= 4 is 12.1 Å². The van der Waals surface area contributed by atoms with E-state index >= 15 is 0 Å². The van der Waals surface area contributed by atoms with E-state index in [0.717, 1.165) is 0 Å². The second kappa shape index (κ2) is 3.87. The van der Waals surface area contributed by atoms with Crippen molar-refractivity contribution in [1.82, 2.24) is 5.32 Å². The largest absolute Gasteiger partial charge is 0.414 e. The first-order chi connectivity index (χ1) is 4.57. The number of amides is 1. The second-order valence-corrected chi connectivity index (χ2v) is 2.11. The fraction of sp³-hybridized carbons (Fsp3) is 0.667. The van der Waals surface area contributed by atoms with Crippen molar-refractivity contribution in [2.75, 3.05) is 7.05 Å². The number of hydrogen-bond donors (Lipinski definition) is 1. The lowest BCUT2D eigenvalue weighted by Gasteiger charge is -2.02. The minimum atomic E-state index is -0.710. The van der Waals surface area contributed by atoms with Crippen LogP contribution in [0.1, 0.15) is 13.8 Å². The Kier molecular flexibility index (Phi) is 3.46. The van der Waals surface area contributed by atoms with Crippen molar-refractivity contribution in [2.45, 2.75) is 13.8 Å². The molecule has 0 aliphatic carbocycles. The van der Waals surface area contributed by atoms with Crippen molar-refractivity contribution in [3.63, 3.8) is 0 Å². The molecule has 0 aliphatic rings. The van der Waals surface area contributed by atoms with E-state index in [1.54, 1.807) is 13.8 Å². The van der Waals surface area contributed by atoms with E-state index in [4.69, 9.17) is 0 Å². The molecule has 0 spiro atoms. The van der Waals surface area contributed by atoms with Gasteiger partial charge < -0.3 is 10.1 Å². The van der Waals surface area contributed by atoms with Gasteiger partial charge in [-0.05, 0) is 0 Å². The molecule has 0 fully saturated rings. The molecule has 10 heavy (non-hydrogen) atoms. The quantitative estimate of drug-likeness (QED) is 0.432. The smallest absolute Gasteiger partial charge is 0.376 e. The fourth-order valence-electron chi connectivity index (χ4n) is 0.260. The molecule has 0 saturated carbocycles. The lowest BCUT2D eigenvalue weighted by Crippen LogP contribution is -2.25. The van der Waals surface area contributed by atoms with Gasteiger partial charge >= 0.3 is 12.1 Å². The summed E-state index contributed by atoms with van der Waals surface area (Å²) in [7, 11) is 1.40. The Morgan fingerprint density at radius 3 is 2.20 bits per heavy atom. The molecule has 1 amide bonds. The summed E-state index contributed by atoms with van der Waals surface area (Å²) < 4.78 is 4.27. The van der Waals surface area contributed by atoms with Gasteiger partial charge in [-0.1, -0.05) is 13.8 Å². The minimum absolute atomic E-state index is 0.266. The third kappa shape index (κ3) is 3.06. The third-order valence-corrected chi connectivity index (χ3v) is 0.869. The van der Waals surface area contributed by atoms with Crippen molar-refractivity contribution in [1.29, 1.82) is 0 Å². The van der Waals surface area contributed by atoms with Crippen molar-refractivity contribution in [3.05, 3.63) is 0 Å². The molecule has 4 nitrogen and oxygen atoms in total. The van der Waals surface area contributed by atoms with Crippen LogP contribution in [0.4, 0.5) is 4.79 Å². The van der Waals surface area contributed by atoms with E-state index in [2.05, 4.69) is 10.1 Å². The van der Waals surface area contributed by atoms with Gasteiger partial charge in [-0.2, -0.15) is 0 Å². The van der Waals surface area contributed by atoms with Gasteiger partial charge in [0, 0.05) is 7.05 Å². The number of carbonyl (C=O) groups is 2. The van der Waals surface area contributed by atoms with Crippen LogP contribution in [0.3, 0.4) is 0 Å². The maximum Gasteiger partial charge on any atom is 0.414 e. The SMILES string of the molecule is CNC(=O)OC(=O)C(C)C. The summed E-state index contributed by atoms with van der Waals surface area (Å²) in [5, 5.41) is 2.17. The van der Waals surface area contributed by atoms with Crippen LogP contribution >= 0.6 is 0 Å². The van der Waals surface area contributed by atoms with Gasteiger partial charge in [-0.15, -0.1) is 0 Å². The molecule has 58 valence electrons. The summed E-state index contributed by atoms with van der Waals surface area (Å²) in [5.41, 5.74) is 0. The normalized spacial score (nSPS) is 9.20. The predicted molar refractivity (Wildman–Crippen MR) is 35.4 cm³/mol. The molecule has 0 bridgehead atoms. The van der Waals surface area contributed by atoms with Crippen LogP contribution in [0, 0.1) is 5.92 Å². The van der Waals surface area contributed by atoms with E-state index in [-0.39, 0.29) is 5.92 Å². The van der Waals surface area contributed by atoms with Crippen LogP contribution in [0.5, 0.6) is 0 Å². The first kappa shape index (κ1) is 8.94. The molecule has 0 saturated heterocycles. The summed E-state index contributed by atoms with van der Waals surface area (Å²) in [4.78, 5) is 21.0. The lowest BCUT2D eigenvalue weighted by atomic mass is 10.2. The van der Waals surface area contributed by atoms with E-state index in [1.807, 2.05) is 0 Å². The maximum atomic E-state index is 10.6. The Labute approximate surface area is 59.6 Å². The third-order valence-electron chi connectivity index (χ3n) is 0.869. The van der Waals surface area contributed by atoms with E-state index in [1.165, 1.54) is 7.05 Å². The molecular formula is C6H11NO3. The monoisotopic (exact) mass is 145 g/mol. The zero-order valence-corrected chi connectivity index (χ0v) is 6.30. The van der Waals surface area contributed by atoms with Crippen LogP contribution in [0.2, 0.25) is 0 Å². The molecule has 0 aromatic carbocycles. The Morgan fingerprint density at radius 2 is 1.90 bits per heavy atom. The summed E-state index contributed by atoms with van der Waals surface area (Å²) in [6.45, 7) is 3.32. The topological polar surface area (TPSA) is 55.4 Å². The first-order valence-electron chi connectivity index (χ1n) is 3.01. The Balaban J connectivity index is 3.69. The number of ether oxygens (including phenoxy) is 1. The van der Waals surface area contributed by atoms with Gasteiger partial charge in [-0.3, -0.25) is 4.79 Å². The van der Waals surface area contributed by atoms with Crippen LogP contribution in [0.25, 0.3) is 0 Å². The Bertz CT molecular complexity index is 142. The number of carbonyl (C=O) groups excluding carboxylic acids is 2. The highest BCUT2D eigenvalue weighted by atomic mass is 16.6. The summed E-state index contributed by atoms with van der Waals surface area (Å²) in [6, 6.07) is 0. The number of alkyl carbamates (subject to hydrolysis) is 1. The standard InChI is InChI=1S/C6H11NO3/c1-4(2)5(8)10-6(9)7-3/h4H,1-3H3,(H,7,9). The summed E-state index contributed by atoms with van der Waals surface area (Å²) in [5.74, 6) is -0.781. The molecule has 0 atom stereocenters. The molecule has 0 aromatic heterocycles. The number of rotatable bonds is 1. The number of nitrogens with one attached hydrogen (secondary N) is 1. The van der Waals surface area contributed by atoms with Crippen LogP contribution in [0.15, 0.2) is 0 Å². The molecular weight excluding hydrogens is 134 g/mol. The van der Waals surface area contributed by atoms with Gasteiger partial charge in [-0.25, -0.2) is 4.79 Å². The fourth-order valence-corrected chi connectivity index (χ4v) is 0.260. The molecule has 0 aliphatic heterocycles. The summed E-state index contributed by atoms with van der Waals surface area (Å²) in [6.07, 6.45) is -0.710. The highest BCUT2D eigenvalue weighted by Crippen LogP contribution is 1.94. The van der Waals surface area contributed by atoms with Gasteiger partial charge in [0.1, 0.15) is 0 Å². The van der Waals surface area contributed by atoms with E-state index in [9.17, 15) is 9.59 Å². The lowest BCUT2D eigenvalue weighted by molar-refractivity contribution is -0.140. The minimum Gasteiger partial charge on any atom is -0.376 e. The molecule has 0 heterocycles. The molecule has 0 unspecified atom stereocenters. The van der Waals surface area contributed by atoms with Gasteiger partial charge in [0.05, 0.1) is 5.92 Å². The first-order valence-corrected chi connectivity index (χ1v) is 3.01. The van der Waals surface area contributed by atoms with Crippen LogP contribution in [-0.4, -0.2) is 19.1 Å². The molecule has 0 rings (SSSR count). The molecule has 0 aromatic rings. The van der Waals surface area contributed by atoms with Crippen LogP contribution < -0.4 is 5.32 Å². The van der Waals surface area contributed by atoms with Crippen molar-refractivity contribution < 1.29 is 14.3 Å². The number of hydrogen-bond acceptors (Lipinski definition) is 3. The average Bonchev–Trinajstić information content (AvgIpc) is 1.87. The zero-order valence-electron chi connectivity index (χ0n) is 6.30. The highest BCUT2D eigenvalue weighted by molar-refractivity contribution is 5.85.